The zero-order valence-electron chi connectivity index (χ0n) is 19.9. The number of amides is 1. The first kappa shape index (κ1) is 24.7. The maximum Gasteiger partial charge on any atom is 0.419 e. The van der Waals surface area contributed by atoms with Crippen molar-refractivity contribution in [2.45, 2.75) is 31.1 Å². The van der Waals surface area contributed by atoms with Crippen LogP contribution in [0.4, 0.5) is 0 Å². The molecule has 4 aromatic rings. The van der Waals surface area contributed by atoms with Crippen molar-refractivity contribution in [2.24, 2.45) is 7.05 Å². The first-order valence-electron chi connectivity index (χ1n) is 11.6. The lowest BCUT2D eigenvalue weighted by atomic mass is 10.1. The number of methoxy groups -OCH3 is 1. The highest BCUT2D eigenvalue weighted by Gasteiger charge is 2.25. The summed E-state index contributed by atoms with van der Waals surface area (Å²) in [6.45, 7) is 1.47. The molecule has 5 rings (SSSR count). The van der Waals surface area contributed by atoms with Crippen LogP contribution in [0.3, 0.4) is 0 Å². The molecule has 4 heterocycles. The lowest BCUT2D eigenvalue weighted by molar-refractivity contribution is -0.134. The lowest BCUT2D eigenvalue weighted by Gasteiger charge is -2.25. The number of fused-ring (bicyclic) bond motifs is 2. The second-order valence-corrected chi connectivity index (χ2v) is 11.0. The summed E-state index contributed by atoms with van der Waals surface area (Å²) < 4.78 is 20.0. The van der Waals surface area contributed by atoms with Crippen molar-refractivity contribution in [3.8, 4) is 16.5 Å². The molecule has 1 aromatic carbocycles. The molecule has 0 saturated carbocycles. The molecule has 1 saturated heterocycles. The van der Waals surface area contributed by atoms with E-state index in [1.54, 1.807) is 36.8 Å². The molecule has 0 aliphatic carbocycles. The van der Waals surface area contributed by atoms with Gasteiger partial charge < -0.3 is 24.5 Å². The molecule has 0 radical (unpaired) electrons. The quantitative estimate of drug-likeness (QED) is 0.396. The maximum atomic E-state index is 12.7. The summed E-state index contributed by atoms with van der Waals surface area (Å²) in [5, 5.41) is 15.7. The highest BCUT2D eigenvalue weighted by atomic mass is 32.1. The van der Waals surface area contributed by atoms with Gasteiger partial charge in [-0.2, -0.15) is 5.26 Å². The molecule has 3 aromatic heterocycles. The Kier molecular flexibility index (Phi) is 7.22. The molecule has 188 valence electrons. The average molecular weight is 527 g/mol. The summed E-state index contributed by atoms with van der Waals surface area (Å²) in [5.74, 6) is -0.662. The number of nitrogens with zero attached hydrogens (tertiary/aromatic N) is 2. The Labute approximate surface area is 215 Å². The van der Waals surface area contributed by atoms with E-state index >= 15 is 0 Å². The third-order valence-corrected chi connectivity index (χ3v) is 8.66. The zero-order chi connectivity index (χ0) is 25.2. The molecule has 0 spiro atoms. The molecule has 0 unspecified atom stereocenters. The summed E-state index contributed by atoms with van der Waals surface area (Å²) in [6, 6.07) is 11.5. The van der Waals surface area contributed by atoms with Crippen LogP contribution in [-0.2, 0) is 27.7 Å². The number of ether oxygens (including phenoxy) is 2. The maximum absolute atomic E-state index is 12.7. The van der Waals surface area contributed by atoms with Crippen molar-refractivity contribution in [3.05, 3.63) is 45.8 Å². The third-order valence-electron chi connectivity index (χ3n) is 6.30. The summed E-state index contributed by atoms with van der Waals surface area (Å²) >= 11 is 3.27. The third kappa shape index (κ3) is 5.09. The topological polar surface area (TPSA) is 119 Å². The molecular weight excluding hydrogens is 500 g/mol. The molecular formula is C25H26N4O5S2. The Morgan fingerprint density at radius 2 is 2.14 bits per heavy atom. The SMILES string of the molecule is CO[C@H]1CCO[C@H](C(=O)N[C@@H](C#N)Cc2cc3sc(-c4ccc5oc(=O)n(C)c5c4)cc3s2)CNC1. The second kappa shape index (κ2) is 10.5. The number of nitrogens with one attached hydrogen (secondary N) is 2. The number of aryl methyl sites for hydroxylation is 1. The highest BCUT2D eigenvalue weighted by Crippen LogP contribution is 2.39. The van der Waals surface area contributed by atoms with Crippen molar-refractivity contribution >= 4 is 49.1 Å². The van der Waals surface area contributed by atoms with E-state index in [9.17, 15) is 14.9 Å². The average Bonchev–Trinajstić information content (AvgIpc) is 3.50. The number of rotatable bonds is 6. The largest absolute Gasteiger partial charge is 0.419 e. The van der Waals surface area contributed by atoms with Crippen LogP contribution in [-0.4, -0.2) is 55.5 Å². The first-order valence-corrected chi connectivity index (χ1v) is 13.3. The fourth-order valence-electron chi connectivity index (χ4n) is 4.25. The lowest BCUT2D eigenvalue weighted by Crippen LogP contribution is -2.49. The predicted octanol–water partition coefficient (Wildman–Crippen LogP) is 3.02. The fourth-order valence-corrected chi connectivity index (χ4v) is 6.71. The number of thiophene rings is 2. The van der Waals surface area contributed by atoms with Gasteiger partial charge in [0.2, 0.25) is 0 Å². The van der Waals surface area contributed by atoms with Crippen LogP contribution in [0.25, 0.3) is 30.9 Å². The van der Waals surface area contributed by atoms with E-state index in [1.807, 2.05) is 18.2 Å². The van der Waals surface area contributed by atoms with Gasteiger partial charge in [-0.15, -0.1) is 22.7 Å². The van der Waals surface area contributed by atoms with Gasteiger partial charge in [0.05, 0.1) is 24.3 Å². The Morgan fingerprint density at radius 3 is 2.92 bits per heavy atom. The fraction of sp³-hybridized carbons (Fsp3) is 0.400. The predicted molar refractivity (Wildman–Crippen MR) is 139 cm³/mol. The number of carbonyl (C=O) groups excluding carboxylic acids is 1. The second-order valence-electron chi connectivity index (χ2n) is 8.72. The number of aromatic nitrogens is 1. The van der Waals surface area contributed by atoms with Crippen LogP contribution in [0.5, 0.6) is 0 Å². The van der Waals surface area contributed by atoms with Gasteiger partial charge in [-0.25, -0.2) is 4.79 Å². The highest BCUT2D eigenvalue weighted by molar-refractivity contribution is 7.29. The minimum atomic E-state index is -0.643. The van der Waals surface area contributed by atoms with Crippen molar-refractivity contribution in [3.63, 3.8) is 0 Å². The minimum Gasteiger partial charge on any atom is -0.408 e. The molecule has 2 N–H and O–H groups in total. The van der Waals surface area contributed by atoms with E-state index in [4.69, 9.17) is 13.9 Å². The molecule has 1 fully saturated rings. The minimum absolute atomic E-state index is 0.0661. The Hall–Kier alpha value is -3.01. The van der Waals surface area contributed by atoms with E-state index in [0.717, 1.165) is 30.2 Å². The number of hydrogen-bond donors (Lipinski definition) is 2. The number of carbonyl (C=O) groups is 1. The van der Waals surface area contributed by atoms with Gasteiger partial charge in [0, 0.05) is 52.8 Å². The standard InChI is InChI=1S/C25H26N4O5S2/c1-29-18-7-14(3-4-19(18)34-25(29)31)21-10-23-22(36-21)9-17(35-23)8-15(11-26)28-24(30)20-13-27-12-16(32-2)5-6-33-20/h3-4,7,9-10,15-16,20,27H,5-6,8,12-13H2,1-2H3,(H,28,30)/t15-,16+,20+/m1/s1. The Bertz CT molecular complexity index is 1450. The normalized spacial score (nSPS) is 19.6. The monoisotopic (exact) mass is 526 g/mol. The van der Waals surface area contributed by atoms with Gasteiger partial charge in [0.1, 0.15) is 12.1 Å². The van der Waals surface area contributed by atoms with Crippen molar-refractivity contribution in [2.75, 3.05) is 26.8 Å². The van der Waals surface area contributed by atoms with Gasteiger partial charge in [0.15, 0.2) is 5.58 Å². The molecule has 0 bridgehead atoms. The summed E-state index contributed by atoms with van der Waals surface area (Å²) in [5.41, 5.74) is 2.33. The molecule has 36 heavy (non-hydrogen) atoms. The Morgan fingerprint density at radius 1 is 1.31 bits per heavy atom. The van der Waals surface area contributed by atoms with E-state index in [2.05, 4.69) is 28.8 Å². The van der Waals surface area contributed by atoms with Crippen LogP contribution in [0.1, 0.15) is 11.3 Å². The van der Waals surface area contributed by atoms with Crippen molar-refractivity contribution < 1.29 is 18.7 Å². The number of oxazole rings is 1. The van der Waals surface area contributed by atoms with Crippen LogP contribution in [0, 0.1) is 11.3 Å². The molecule has 3 atom stereocenters. The van der Waals surface area contributed by atoms with Gasteiger partial charge in [-0.3, -0.25) is 9.36 Å². The summed E-state index contributed by atoms with van der Waals surface area (Å²) in [4.78, 5) is 26.6. The molecule has 11 heteroatoms. The number of nitriles is 1. The molecule has 9 nitrogen and oxygen atoms in total. The van der Waals surface area contributed by atoms with Crippen LogP contribution in [0.2, 0.25) is 0 Å². The number of hydrogen-bond acceptors (Lipinski definition) is 9. The van der Waals surface area contributed by atoms with Crippen molar-refractivity contribution in [1.29, 1.82) is 5.26 Å². The number of benzene rings is 1. The van der Waals surface area contributed by atoms with E-state index < -0.39 is 12.1 Å². The zero-order valence-corrected chi connectivity index (χ0v) is 21.5. The van der Waals surface area contributed by atoms with Gasteiger partial charge >= 0.3 is 5.76 Å². The smallest absolute Gasteiger partial charge is 0.408 e. The molecule has 1 aliphatic heterocycles. The Balaban J connectivity index is 1.25. The molecule has 1 amide bonds. The molecule has 1 aliphatic rings. The summed E-state index contributed by atoms with van der Waals surface area (Å²) in [6.07, 6.45) is 0.562. The summed E-state index contributed by atoms with van der Waals surface area (Å²) in [7, 11) is 3.35. The van der Waals surface area contributed by atoms with E-state index in [1.165, 1.54) is 4.57 Å². The van der Waals surface area contributed by atoms with Gasteiger partial charge in [-0.05, 0) is 42.3 Å². The van der Waals surface area contributed by atoms with E-state index in [0.29, 0.717) is 38.1 Å². The van der Waals surface area contributed by atoms with Gasteiger partial charge in [0.25, 0.3) is 5.91 Å². The van der Waals surface area contributed by atoms with Gasteiger partial charge in [-0.1, -0.05) is 0 Å². The van der Waals surface area contributed by atoms with Crippen LogP contribution >= 0.6 is 22.7 Å². The van der Waals surface area contributed by atoms with Crippen LogP contribution in [0.15, 0.2) is 39.5 Å². The first-order chi connectivity index (χ1) is 17.4. The van der Waals surface area contributed by atoms with E-state index in [-0.39, 0.29) is 17.8 Å². The van der Waals surface area contributed by atoms with Crippen LogP contribution < -0.4 is 16.4 Å². The van der Waals surface area contributed by atoms with Crippen molar-refractivity contribution in [1.82, 2.24) is 15.2 Å².